The Morgan fingerprint density at radius 1 is 1.50 bits per heavy atom. The molecule has 1 aliphatic heterocycles. The van der Waals surface area contributed by atoms with Gasteiger partial charge in [-0.3, -0.25) is 4.79 Å². The van der Waals surface area contributed by atoms with Gasteiger partial charge in [0.05, 0.1) is 5.60 Å². The third kappa shape index (κ3) is 2.34. The highest BCUT2D eigenvalue weighted by Crippen LogP contribution is 2.30. The number of β-amino-alcohol motifs (C(OH)–C–C–N with tert-alkyl or cyclic N) is 1. The van der Waals surface area contributed by atoms with E-state index >= 15 is 0 Å². The molecule has 0 unspecified atom stereocenters. The number of carbonyl (C=O) groups excluding carboxylic acids is 1. The largest absolute Gasteiger partial charge is 0.387 e. The number of rotatable bonds is 4. The van der Waals surface area contributed by atoms with Crippen molar-refractivity contribution in [2.45, 2.75) is 23.8 Å². The van der Waals surface area contributed by atoms with Gasteiger partial charge in [0, 0.05) is 33.4 Å². The second-order valence-electron chi connectivity index (χ2n) is 5.10. The van der Waals surface area contributed by atoms with Crippen molar-refractivity contribution in [3.63, 3.8) is 0 Å². The van der Waals surface area contributed by atoms with Crippen LogP contribution in [0.25, 0.3) is 0 Å². The highest BCUT2D eigenvalue weighted by molar-refractivity contribution is 7.89. The van der Waals surface area contributed by atoms with Gasteiger partial charge in [-0.2, -0.15) is 4.31 Å². The lowest BCUT2D eigenvalue weighted by molar-refractivity contribution is -0.0613. The molecule has 1 aromatic heterocycles. The molecule has 1 aromatic rings. The summed E-state index contributed by atoms with van der Waals surface area (Å²) in [7, 11) is -0.555. The van der Waals surface area contributed by atoms with Gasteiger partial charge in [-0.15, -0.1) is 0 Å². The van der Waals surface area contributed by atoms with Crippen molar-refractivity contribution in [1.82, 2.24) is 14.2 Å². The highest BCUT2D eigenvalue weighted by atomic mass is 32.2. The molecule has 8 heteroatoms. The number of sulfonamides is 1. The Morgan fingerprint density at radius 2 is 2.10 bits per heavy atom. The predicted molar refractivity (Wildman–Crippen MR) is 72.8 cm³/mol. The Morgan fingerprint density at radius 3 is 2.60 bits per heavy atom. The van der Waals surface area contributed by atoms with Crippen LogP contribution in [0.3, 0.4) is 0 Å². The highest BCUT2D eigenvalue weighted by Gasteiger charge is 2.46. The Bertz CT molecular complexity index is 629. The molecule has 1 fully saturated rings. The third-order valence-corrected chi connectivity index (χ3v) is 5.43. The number of aliphatic hydroxyl groups is 1. The molecule has 0 saturated carbocycles. The molecule has 1 amide bonds. The minimum absolute atomic E-state index is 0.0664. The van der Waals surface area contributed by atoms with E-state index in [0.29, 0.717) is 6.42 Å². The van der Waals surface area contributed by atoms with E-state index in [4.69, 9.17) is 0 Å². The summed E-state index contributed by atoms with van der Waals surface area (Å²) in [5.74, 6) is -0.345. The van der Waals surface area contributed by atoms with Crippen molar-refractivity contribution >= 4 is 15.9 Å². The summed E-state index contributed by atoms with van der Waals surface area (Å²) in [4.78, 5) is 11.7. The SMILES string of the molecule is CCC1(O)CN(S(=O)(=O)c2cc(C(=O)NC)n(C)c2)C1. The predicted octanol–water partition coefficient (Wildman–Crippen LogP) is -0.470. The molecule has 1 saturated heterocycles. The van der Waals surface area contributed by atoms with Crippen LogP contribution in [0.4, 0.5) is 0 Å². The lowest BCUT2D eigenvalue weighted by Crippen LogP contribution is -2.62. The maximum absolute atomic E-state index is 12.4. The van der Waals surface area contributed by atoms with Gasteiger partial charge in [0.15, 0.2) is 0 Å². The standard InChI is InChI=1S/C12H19N3O4S/c1-4-12(17)7-15(8-12)20(18,19)9-5-10(11(16)13-2)14(3)6-9/h5-6,17H,4,7-8H2,1-3H3,(H,13,16). The molecule has 20 heavy (non-hydrogen) atoms. The second-order valence-corrected chi connectivity index (χ2v) is 7.04. The Kier molecular flexibility index (Phi) is 3.66. The van der Waals surface area contributed by atoms with E-state index in [2.05, 4.69) is 5.32 Å². The van der Waals surface area contributed by atoms with Crippen LogP contribution in [0.2, 0.25) is 0 Å². The van der Waals surface area contributed by atoms with Crippen molar-refractivity contribution in [2.24, 2.45) is 7.05 Å². The Balaban J connectivity index is 2.26. The molecular weight excluding hydrogens is 282 g/mol. The third-order valence-electron chi connectivity index (χ3n) is 3.68. The summed E-state index contributed by atoms with van der Waals surface area (Å²) in [5.41, 5.74) is -0.650. The average molecular weight is 301 g/mol. The lowest BCUT2D eigenvalue weighted by Gasteiger charge is -2.44. The van der Waals surface area contributed by atoms with Crippen LogP contribution in [-0.4, -0.2) is 54.0 Å². The molecule has 0 aliphatic carbocycles. The van der Waals surface area contributed by atoms with E-state index in [9.17, 15) is 18.3 Å². The maximum Gasteiger partial charge on any atom is 0.267 e. The number of amides is 1. The van der Waals surface area contributed by atoms with Gasteiger partial charge >= 0.3 is 0 Å². The normalized spacial score (nSPS) is 18.6. The fourth-order valence-corrected chi connectivity index (χ4v) is 3.85. The van der Waals surface area contributed by atoms with Crippen molar-refractivity contribution in [3.8, 4) is 0 Å². The lowest BCUT2D eigenvalue weighted by atomic mass is 9.94. The quantitative estimate of drug-likeness (QED) is 0.786. The first-order valence-corrected chi connectivity index (χ1v) is 7.78. The monoisotopic (exact) mass is 301 g/mol. The van der Waals surface area contributed by atoms with E-state index in [0.717, 1.165) is 0 Å². The summed E-state index contributed by atoms with van der Waals surface area (Å²) >= 11 is 0. The zero-order valence-electron chi connectivity index (χ0n) is 11.8. The number of aryl methyl sites for hydroxylation is 1. The first-order chi connectivity index (χ1) is 9.23. The molecule has 0 radical (unpaired) electrons. The van der Waals surface area contributed by atoms with E-state index < -0.39 is 15.6 Å². The van der Waals surface area contributed by atoms with Gasteiger partial charge < -0.3 is 15.0 Å². The fourth-order valence-electron chi connectivity index (χ4n) is 2.18. The number of carbonyl (C=O) groups is 1. The molecule has 1 aliphatic rings. The molecule has 2 rings (SSSR count). The van der Waals surface area contributed by atoms with Crippen LogP contribution in [0.1, 0.15) is 23.8 Å². The molecule has 2 N–H and O–H groups in total. The summed E-state index contributed by atoms with van der Waals surface area (Å²) in [5, 5.41) is 12.4. The molecule has 0 aromatic carbocycles. The Labute approximate surface area is 118 Å². The summed E-state index contributed by atoms with van der Waals surface area (Å²) in [6.07, 6.45) is 1.92. The topological polar surface area (TPSA) is 91.6 Å². The molecular formula is C12H19N3O4S. The molecule has 7 nitrogen and oxygen atoms in total. The number of hydrogen-bond donors (Lipinski definition) is 2. The van der Waals surface area contributed by atoms with Crippen LogP contribution in [-0.2, 0) is 17.1 Å². The zero-order valence-corrected chi connectivity index (χ0v) is 12.6. The van der Waals surface area contributed by atoms with Crippen LogP contribution >= 0.6 is 0 Å². The zero-order chi connectivity index (χ0) is 15.1. The molecule has 2 heterocycles. The molecule has 0 bridgehead atoms. The van der Waals surface area contributed by atoms with Crippen LogP contribution in [0.5, 0.6) is 0 Å². The van der Waals surface area contributed by atoms with Crippen molar-refractivity contribution < 1.29 is 18.3 Å². The molecule has 112 valence electrons. The smallest absolute Gasteiger partial charge is 0.267 e. The fraction of sp³-hybridized carbons (Fsp3) is 0.583. The summed E-state index contributed by atoms with van der Waals surface area (Å²) in [6, 6.07) is 1.34. The minimum atomic E-state index is -3.65. The molecule has 0 spiro atoms. The van der Waals surface area contributed by atoms with Gasteiger partial charge in [0.25, 0.3) is 5.91 Å². The van der Waals surface area contributed by atoms with Crippen LogP contribution < -0.4 is 5.32 Å². The Hall–Kier alpha value is -1.38. The summed E-state index contributed by atoms with van der Waals surface area (Å²) in [6.45, 7) is 2.00. The van der Waals surface area contributed by atoms with Gasteiger partial charge in [-0.1, -0.05) is 6.92 Å². The van der Waals surface area contributed by atoms with E-state index in [1.807, 2.05) is 6.92 Å². The average Bonchev–Trinajstić information content (AvgIpc) is 2.76. The number of aromatic nitrogens is 1. The van der Waals surface area contributed by atoms with Gasteiger partial charge in [-0.05, 0) is 12.5 Å². The van der Waals surface area contributed by atoms with Crippen molar-refractivity contribution in [1.29, 1.82) is 0 Å². The molecule has 0 atom stereocenters. The number of nitrogens with zero attached hydrogens (tertiary/aromatic N) is 2. The van der Waals surface area contributed by atoms with Crippen LogP contribution in [0, 0.1) is 0 Å². The number of hydrogen-bond acceptors (Lipinski definition) is 4. The number of nitrogens with one attached hydrogen (secondary N) is 1. The minimum Gasteiger partial charge on any atom is -0.387 e. The second kappa shape index (κ2) is 4.87. The first-order valence-electron chi connectivity index (χ1n) is 6.34. The van der Waals surface area contributed by atoms with Gasteiger partial charge in [0.2, 0.25) is 10.0 Å². The van der Waals surface area contributed by atoms with Crippen LogP contribution in [0.15, 0.2) is 17.2 Å². The summed E-state index contributed by atoms with van der Waals surface area (Å²) < 4.78 is 27.4. The van der Waals surface area contributed by atoms with Crippen molar-refractivity contribution in [3.05, 3.63) is 18.0 Å². The van der Waals surface area contributed by atoms with E-state index in [1.165, 1.54) is 28.2 Å². The first kappa shape index (κ1) is 15.0. The maximum atomic E-state index is 12.4. The van der Waals surface area contributed by atoms with E-state index in [1.54, 1.807) is 7.05 Å². The van der Waals surface area contributed by atoms with Gasteiger partial charge in [-0.25, -0.2) is 8.42 Å². The van der Waals surface area contributed by atoms with E-state index in [-0.39, 0.29) is 29.6 Å². The van der Waals surface area contributed by atoms with Gasteiger partial charge in [0.1, 0.15) is 10.6 Å². The van der Waals surface area contributed by atoms with Crippen molar-refractivity contribution in [2.75, 3.05) is 20.1 Å².